The molecular weight excluding hydrogens is 262 g/mol. The quantitative estimate of drug-likeness (QED) is 0.646. The predicted octanol–water partition coefficient (Wildman–Crippen LogP) is 1.14. The van der Waals surface area contributed by atoms with Crippen LogP contribution in [0, 0.1) is 23.0 Å². The summed E-state index contributed by atoms with van der Waals surface area (Å²) < 4.78 is 0. The van der Waals surface area contributed by atoms with E-state index in [1.807, 2.05) is 6.92 Å². The number of carbonyl (C=O) groups excluding carboxylic acids is 1. The van der Waals surface area contributed by atoms with Gasteiger partial charge in [-0.15, -0.1) is 0 Å². The van der Waals surface area contributed by atoms with Crippen LogP contribution in [0.2, 0.25) is 0 Å². The summed E-state index contributed by atoms with van der Waals surface area (Å²) in [5, 5.41) is 20.6. The molecule has 1 aromatic rings. The summed E-state index contributed by atoms with van der Waals surface area (Å²) in [4.78, 5) is 28.0. The van der Waals surface area contributed by atoms with Crippen molar-refractivity contribution in [1.29, 1.82) is 0 Å². The fourth-order valence-electron chi connectivity index (χ4n) is 2.24. The minimum absolute atomic E-state index is 0.156. The van der Waals surface area contributed by atoms with E-state index in [0.29, 0.717) is 18.7 Å². The number of rotatable bonds is 2. The number of pyridine rings is 1. The average molecular weight is 279 g/mol. The largest absolute Gasteiger partial charge is 0.391 e. The summed E-state index contributed by atoms with van der Waals surface area (Å²) in [6, 6.07) is 1.25. The van der Waals surface area contributed by atoms with E-state index in [0.717, 1.165) is 6.20 Å². The molecule has 0 aromatic carbocycles. The van der Waals surface area contributed by atoms with E-state index in [1.54, 1.807) is 6.92 Å². The van der Waals surface area contributed by atoms with E-state index in [4.69, 9.17) is 0 Å². The number of β-amino-alcohol motifs (C(OH)–C–C–N with tert-alkyl or cyclic N) is 1. The van der Waals surface area contributed by atoms with E-state index in [2.05, 4.69) is 4.98 Å². The van der Waals surface area contributed by atoms with E-state index in [1.165, 1.54) is 11.0 Å². The van der Waals surface area contributed by atoms with Crippen LogP contribution in [0.15, 0.2) is 12.3 Å². The average Bonchev–Trinajstić information content (AvgIpc) is 2.41. The van der Waals surface area contributed by atoms with Crippen LogP contribution in [0.5, 0.6) is 0 Å². The van der Waals surface area contributed by atoms with Gasteiger partial charge in [-0.25, -0.2) is 0 Å². The van der Waals surface area contributed by atoms with Crippen LogP contribution in [-0.4, -0.2) is 45.0 Å². The van der Waals surface area contributed by atoms with Gasteiger partial charge in [0.25, 0.3) is 11.6 Å². The lowest BCUT2D eigenvalue weighted by molar-refractivity contribution is -0.385. The Bertz CT molecular complexity index is 546. The molecule has 2 heterocycles. The second-order valence-electron chi connectivity index (χ2n) is 5.17. The summed E-state index contributed by atoms with van der Waals surface area (Å²) in [5.41, 5.74) is 0.472. The van der Waals surface area contributed by atoms with Gasteiger partial charge >= 0.3 is 0 Å². The molecule has 1 aliphatic heterocycles. The highest BCUT2D eigenvalue weighted by Gasteiger charge is 2.29. The molecule has 7 heteroatoms. The molecule has 0 saturated carbocycles. The van der Waals surface area contributed by atoms with Crippen LogP contribution in [0.1, 0.15) is 29.4 Å². The summed E-state index contributed by atoms with van der Waals surface area (Å²) >= 11 is 0. The van der Waals surface area contributed by atoms with Crippen molar-refractivity contribution in [1.82, 2.24) is 9.88 Å². The Labute approximate surface area is 116 Å². The van der Waals surface area contributed by atoms with E-state index in [-0.39, 0.29) is 29.6 Å². The topological polar surface area (TPSA) is 96.6 Å². The maximum absolute atomic E-state index is 12.4. The minimum Gasteiger partial charge on any atom is -0.391 e. The van der Waals surface area contributed by atoms with Crippen LogP contribution < -0.4 is 0 Å². The predicted molar refractivity (Wildman–Crippen MR) is 71.3 cm³/mol. The first-order valence-electron chi connectivity index (χ1n) is 6.48. The Hall–Kier alpha value is -2.02. The first-order chi connectivity index (χ1) is 9.40. The van der Waals surface area contributed by atoms with Gasteiger partial charge in [-0.1, -0.05) is 6.92 Å². The van der Waals surface area contributed by atoms with Gasteiger partial charge in [0.15, 0.2) is 0 Å². The Morgan fingerprint density at radius 3 is 2.90 bits per heavy atom. The van der Waals surface area contributed by atoms with Crippen molar-refractivity contribution < 1.29 is 14.8 Å². The highest BCUT2D eigenvalue weighted by molar-refractivity contribution is 5.95. The number of piperidine rings is 1. The van der Waals surface area contributed by atoms with Gasteiger partial charge in [0.1, 0.15) is 6.20 Å². The first kappa shape index (κ1) is 14.4. The summed E-state index contributed by atoms with van der Waals surface area (Å²) in [6.07, 6.45) is 1.30. The van der Waals surface area contributed by atoms with Crippen molar-refractivity contribution in [2.24, 2.45) is 5.92 Å². The zero-order valence-electron chi connectivity index (χ0n) is 11.4. The third kappa shape index (κ3) is 2.77. The van der Waals surface area contributed by atoms with Crippen LogP contribution in [0.4, 0.5) is 5.69 Å². The van der Waals surface area contributed by atoms with Gasteiger partial charge < -0.3 is 10.0 Å². The molecule has 1 aliphatic rings. The molecule has 1 aromatic heterocycles. The Morgan fingerprint density at radius 2 is 2.30 bits per heavy atom. The smallest absolute Gasteiger partial charge is 0.288 e. The third-order valence-electron chi connectivity index (χ3n) is 3.72. The molecule has 1 fully saturated rings. The van der Waals surface area contributed by atoms with Crippen molar-refractivity contribution >= 4 is 11.6 Å². The number of hydrogen-bond donors (Lipinski definition) is 1. The van der Waals surface area contributed by atoms with E-state index >= 15 is 0 Å². The van der Waals surface area contributed by atoms with Crippen molar-refractivity contribution in [2.45, 2.75) is 26.4 Å². The number of hydrogen-bond acceptors (Lipinski definition) is 5. The van der Waals surface area contributed by atoms with Crippen molar-refractivity contribution in [3.63, 3.8) is 0 Å². The highest BCUT2D eigenvalue weighted by atomic mass is 16.6. The SMILES string of the molecule is Cc1ncc([N+](=O)[O-])cc1C(=O)N1CCC(C)C(O)C1. The number of amides is 1. The van der Waals surface area contributed by atoms with Gasteiger partial charge in [-0.05, 0) is 19.3 Å². The second-order valence-corrected chi connectivity index (χ2v) is 5.17. The van der Waals surface area contributed by atoms with Crippen molar-refractivity contribution in [2.75, 3.05) is 13.1 Å². The monoisotopic (exact) mass is 279 g/mol. The molecule has 0 aliphatic carbocycles. The van der Waals surface area contributed by atoms with E-state index < -0.39 is 11.0 Å². The van der Waals surface area contributed by atoms with Crippen molar-refractivity contribution in [3.05, 3.63) is 33.6 Å². The fourth-order valence-corrected chi connectivity index (χ4v) is 2.24. The summed E-state index contributed by atoms with van der Waals surface area (Å²) in [7, 11) is 0. The normalized spacial score (nSPS) is 22.6. The molecule has 1 N–H and O–H groups in total. The molecule has 1 saturated heterocycles. The highest BCUT2D eigenvalue weighted by Crippen LogP contribution is 2.21. The Balaban J connectivity index is 2.25. The van der Waals surface area contributed by atoms with Crippen molar-refractivity contribution in [3.8, 4) is 0 Å². The molecule has 1 amide bonds. The Kier molecular flexibility index (Phi) is 3.99. The summed E-state index contributed by atoms with van der Waals surface area (Å²) in [6.45, 7) is 4.37. The molecule has 7 nitrogen and oxygen atoms in total. The number of carbonyl (C=O) groups is 1. The molecule has 20 heavy (non-hydrogen) atoms. The standard InChI is InChI=1S/C13H17N3O4/c1-8-3-4-15(7-12(8)17)13(18)11-5-10(16(19)20)6-14-9(11)2/h5-6,8,12,17H,3-4,7H2,1-2H3. The number of aryl methyl sites for hydroxylation is 1. The number of aromatic nitrogens is 1. The van der Waals surface area contributed by atoms with Gasteiger partial charge in [0, 0.05) is 19.2 Å². The molecule has 0 spiro atoms. The zero-order chi connectivity index (χ0) is 14.9. The van der Waals surface area contributed by atoms with Gasteiger partial charge in [-0.3, -0.25) is 19.9 Å². The second kappa shape index (κ2) is 5.54. The number of aliphatic hydroxyl groups excluding tert-OH is 1. The Morgan fingerprint density at radius 1 is 1.60 bits per heavy atom. The molecule has 108 valence electrons. The maximum Gasteiger partial charge on any atom is 0.288 e. The van der Waals surface area contributed by atoms with Crippen LogP contribution in [-0.2, 0) is 0 Å². The van der Waals surface area contributed by atoms with Gasteiger partial charge in [-0.2, -0.15) is 0 Å². The summed E-state index contributed by atoms with van der Waals surface area (Å²) in [5.74, 6) is -0.159. The minimum atomic E-state index is -0.573. The number of aliphatic hydroxyl groups is 1. The number of likely N-dealkylation sites (tertiary alicyclic amines) is 1. The lowest BCUT2D eigenvalue weighted by atomic mass is 9.95. The first-order valence-corrected chi connectivity index (χ1v) is 6.48. The molecular formula is C13H17N3O4. The fraction of sp³-hybridized carbons (Fsp3) is 0.538. The van der Waals surface area contributed by atoms with Crippen LogP contribution in [0.25, 0.3) is 0 Å². The maximum atomic E-state index is 12.4. The van der Waals surface area contributed by atoms with Gasteiger partial charge in [0.2, 0.25) is 0 Å². The molecule has 2 rings (SSSR count). The molecule has 2 atom stereocenters. The van der Waals surface area contributed by atoms with E-state index in [9.17, 15) is 20.0 Å². The van der Waals surface area contributed by atoms with Crippen LogP contribution >= 0.6 is 0 Å². The van der Waals surface area contributed by atoms with Gasteiger partial charge in [0.05, 0.1) is 22.3 Å². The lowest BCUT2D eigenvalue weighted by Crippen LogP contribution is -2.46. The lowest BCUT2D eigenvalue weighted by Gasteiger charge is -2.34. The van der Waals surface area contributed by atoms with Crippen LogP contribution in [0.3, 0.4) is 0 Å². The zero-order valence-corrected chi connectivity index (χ0v) is 11.4. The number of nitro groups is 1. The molecule has 2 unspecified atom stereocenters. The number of nitrogens with zero attached hydrogens (tertiary/aromatic N) is 3. The molecule has 0 bridgehead atoms. The molecule has 0 radical (unpaired) electrons. The third-order valence-corrected chi connectivity index (χ3v) is 3.72.